The van der Waals surface area contributed by atoms with Crippen LogP contribution in [0.2, 0.25) is 0 Å². The van der Waals surface area contributed by atoms with Crippen molar-refractivity contribution in [1.29, 1.82) is 0 Å². The van der Waals surface area contributed by atoms with Crippen molar-refractivity contribution in [2.24, 2.45) is 17.8 Å². The maximum Gasteiger partial charge on any atom is 0.199 e. The number of epoxide rings is 1. The lowest BCUT2D eigenvalue weighted by Gasteiger charge is -2.22. The molecule has 1 aliphatic heterocycles. The van der Waals surface area contributed by atoms with E-state index >= 15 is 0 Å². The largest absolute Gasteiger partial charge is 0.345 e. The molecule has 32 heavy (non-hydrogen) atoms. The van der Waals surface area contributed by atoms with Crippen LogP contribution >= 0.6 is 0 Å². The van der Waals surface area contributed by atoms with E-state index < -0.39 is 11.2 Å². The number of carbonyl (C=O) groups excluding carboxylic acids is 2. The summed E-state index contributed by atoms with van der Waals surface area (Å²) in [6.45, 7) is 13.3. The van der Waals surface area contributed by atoms with Gasteiger partial charge in [0.25, 0.3) is 0 Å². The maximum absolute atomic E-state index is 13.2. The van der Waals surface area contributed by atoms with Crippen LogP contribution in [0.4, 0.5) is 0 Å². The van der Waals surface area contributed by atoms with Crippen LogP contribution in [0.15, 0.2) is 35.9 Å². The molecule has 1 fully saturated rings. The summed E-state index contributed by atoms with van der Waals surface area (Å²) in [4.78, 5) is 26.1. The number of allylic oxidation sites excluding steroid dienone is 1. The van der Waals surface area contributed by atoms with Gasteiger partial charge < -0.3 is 4.74 Å². The molecule has 0 radical (unpaired) electrons. The Bertz CT molecular complexity index is 867. The molecule has 2 unspecified atom stereocenters. The van der Waals surface area contributed by atoms with Gasteiger partial charge in [-0.05, 0) is 44.4 Å². The molecule has 4 atom stereocenters. The van der Waals surface area contributed by atoms with Crippen molar-refractivity contribution in [3.63, 3.8) is 0 Å². The molecule has 2 aliphatic rings. The van der Waals surface area contributed by atoms with Crippen LogP contribution in [0.3, 0.4) is 0 Å². The van der Waals surface area contributed by atoms with Crippen LogP contribution < -0.4 is 0 Å². The summed E-state index contributed by atoms with van der Waals surface area (Å²) < 4.78 is 5.90. The van der Waals surface area contributed by atoms with E-state index in [2.05, 4.69) is 40.7 Å². The molecule has 1 heterocycles. The number of carbonyl (C=O) groups is 2. The molecular weight excluding hydrogens is 396 g/mol. The highest BCUT2D eigenvalue weighted by molar-refractivity contribution is 6.25. The average molecular weight is 439 g/mol. The minimum absolute atomic E-state index is 0.0422. The van der Waals surface area contributed by atoms with Gasteiger partial charge >= 0.3 is 0 Å². The molecular formula is C29H42O3. The quantitative estimate of drug-likeness (QED) is 0.249. The molecule has 1 aromatic rings. The van der Waals surface area contributed by atoms with E-state index in [9.17, 15) is 9.59 Å². The van der Waals surface area contributed by atoms with E-state index in [1.807, 2.05) is 6.07 Å². The van der Waals surface area contributed by atoms with Gasteiger partial charge in [0.05, 0.1) is 0 Å². The number of benzene rings is 1. The van der Waals surface area contributed by atoms with Gasteiger partial charge in [-0.2, -0.15) is 0 Å². The van der Waals surface area contributed by atoms with Crippen LogP contribution in [0, 0.1) is 17.8 Å². The van der Waals surface area contributed by atoms with Crippen molar-refractivity contribution in [3.05, 3.63) is 47.0 Å². The Kier molecular flexibility index (Phi) is 7.81. The van der Waals surface area contributed by atoms with Gasteiger partial charge in [-0.15, -0.1) is 0 Å². The van der Waals surface area contributed by atoms with Gasteiger partial charge in [0.1, 0.15) is 0 Å². The smallest absolute Gasteiger partial charge is 0.199 e. The topological polar surface area (TPSA) is 46.7 Å². The highest BCUT2D eigenvalue weighted by atomic mass is 16.6. The third kappa shape index (κ3) is 5.09. The van der Waals surface area contributed by atoms with Crippen molar-refractivity contribution in [2.75, 3.05) is 0 Å². The SMILES string of the molecule is C/C(=C\C[C@@]12O[C@]1(C)C(=O)c1ccccc1C2=O)CCCC(C)CCC(C)CCC(C)C. The van der Waals surface area contributed by atoms with Gasteiger partial charge in [-0.3, -0.25) is 9.59 Å². The summed E-state index contributed by atoms with van der Waals surface area (Å²) in [5.74, 6) is 2.29. The first kappa shape index (κ1) is 24.9. The third-order valence-electron chi connectivity index (χ3n) is 7.72. The molecule has 176 valence electrons. The molecule has 1 aromatic carbocycles. The molecule has 1 saturated heterocycles. The number of hydrogen-bond donors (Lipinski definition) is 0. The highest BCUT2D eigenvalue weighted by Crippen LogP contribution is 2.57. The third-order valence-corrected chi connectivity index (χ3v) is 7.72. The molecule has 3 heteroatoms. The van der Waals surface area contributed by atoms with Crippen molar-refractivity contribution in [3.8, 4) is 0 Å². The highest BCUT2D eigenvalue weighted by Gasteiger charge is 2.77. The first-order valence-corrected chi connectivity index (χ1v) is 12.6. The second-order valence-corrected chi connectivity index (χ2v) is 11.1. The first-order chi connectivity index (χ1) is 15.1. The minimum Gasteiger partial charge on any atom is -0.345 e. The van der Waals surface area contributed by atoms with E-state index in [-0.39, 0.29) is 11.6 Å². The van der Waals surface area contributed by atoms with Gasteiger partial charge in [-0.25, -0.2) is 0 Å². The zero-order valence-corrected chi connectivity index (χ0v) is 21.0. The van der Waals surface area contributed by atoms with Gasteiger partial charge in [0, 0.05) is 17.5 Å². The summed E-state index contributed by atoms with van der Waals surface area (Å²) in [7, 11) is 0. The Morgan fingerprint density at radius 2 is 1.47 bits per heavy atom. The Morgan fingerprint density at radius 1 is 0.906 bits per heavy atom. The second-order valence-electron chi connectivity index (χ2n) is 11.1. The van der Waals surface area contributed by atoms with Crippen molar-refractivity contribution in [2.45, 2.75) is 104 Å². The fraction of sp³-hybridized carbons (Fsp3) is 0.655. The van der Waals surface area contributed by atoms with Gasteiger partial charge in [0.15, 0.2) is 22.8 Å². The maximum atomic E-state index is 13.2. The number of fused-ring (bicyclic) bond motifs is 2. The van der Waals surface area contributed by atoms with Gasteiger partial charge in [-0.1, -0.05) is 95.7 Å². The van der Waals surface area contributed by atoms with E-state index in [1.54, 1.807) is 25.1 Å². The summed E-state index contributed by atoms with van der Waals surface area (Å²) in [6, 6.07) is 7.11. The number of ketones is 2. The lowest BCUT2D eigenvalue weighted by atomic mass is 9.73. The van der Waals surface area contributed by atoms with Crippen LogP contribution in [0.25, 0.3) is 0 Å². The Balaban J connectivity index is 1.46. The predicted octanol–water partition coefficient (Wildman–Crippen LogP) is 7.59. The Labute approximate surface area is 195 Å². The summed E-state index contributed by atoms with van der Waals surface area (Å²) >= 11 is 0. The molecule has 0 saturated carbocycles. The van der Waals surface area contributed by atoms with Crippen LogP contribution in [-0.2, 0) is 4.74 Å². The van der Waals surface area contributed by atoms with Crippen LogP contribution in [-0.4, -0.2) is 22.8 Å². The molecule has 3 nitrogen and oxygen atoms in total. The lowest BCUT2D eigenvalue weighted by molar-refractivity contribution is 0.0847. The molecule has 0 N–H and O–H groups in total. The second kappa shape index (κ2) is 10.0. The monoisotopic (exact) mass is 438 g/mol. The summed E-state index contributed by atoms with van der Waals surface area (Å²) in [5.41, 5.74) is 0.292. The van der Waals surface area contributed by atoms with Crippen molar-refractivity contribution >= 4 is 11.6 Å². The van der Waals surface area contributed by atoms with E-state index in [0.717, 1.165) is 24.2 Å². The Hall–Kier alpha value is -1.74. The van der Waals surface area contributed by atoms with Crippen LogP contribution in [0.1, 0.15) is 114 Å². The molecule has 3 rings (SSSR count). The molecule has 0 bridgehead atoms. The fourth-order valence-electron chi connectivity index (χ4n) is 5.12. The van der Waals surface area contributed by atoms with Crippen LogP contribution in [0.5, 0.6) is 0 Å². The molecule has 0 amide bonds. The summed E-state index contributed by atoms with van der Waals surface area (Å²) in [5, 5.41) is 0. The molecule has 0 spiro atoms. The number of ether oxygens (including phenoxy) is 1. The van der Waals surface area contributed by atoms with Gasteiger partial charge in [0.2, 0.25) is 0 Å². The van der Waals surface area contributed by atoms with Crippen molar-refractivity contribution < 1.29 is 14.3 Å². The molecule has 1 aliphatic carbocycles. The van der Waals surface area contributed by atoms with Crippen molar-refractivity contribution in [1.82, 2.24) is 0 Å². The summed E-state index contributed by atoms with van der Waals surface area (Å²) in [6.07, 6.45) is 11.4. The average Bonchev–Trinajstić information content (AvgIpc) is 3.41. The normalized spacial score (nSPS) is 26.7. The van der Waals surface area contributed by atoms with E-state index in [1.165, 1.54) is 44.1 Å². The van der Waals surface area contributed by atoms with E-state index in [4.69, 9.17) is 4.74 Å². The molecule has 0 aromatic heterocycles. The number of hydrogen-bond acceptors (Lipinski definition) is 3. The zero-order chi connectivity index (χ0) is 23.5. The first-order valence-electron chi connectivity index (χ1n) is 12.6. The minimum atomic E-state index is -1.00. The standard InChI is InChI=1S/C29H42O3/c1-20(2)14-15-23(5)17-16-21(3)10-9-11-22(4)18-19-29-27(31)25-13-8-7-12-24(25)26(30)28(29,6)32-29/h7-8,12-13,18,20-21,23H,9-11,14-17,19H2,1-6H3/b22-18+/t21?,23?,28-,29+/m1/s1. The Morgan fingerprint density at radius 3 is 2.09 bits per heavy atom. The predicted molar refractivity (Wildman–Crippen MR) is 131 cm³/mol. The lowest BCUT2D eigenvalue weighted by Crippen LogP contribution is -2.43. The van der Waals surface area contributed by atoms with E-state index in [0.29, 0.717) is 17.5 Å². The number of Topliss-reactive ketones (excluding diaryl/α,β-unsaturated/α-hetero) is 2. The fourth-order valence-corrected chi connectivity index (χ4v) is 5.12. The number of rotatable bonds is 12. The zero-order valence-electron chi connectivity index (χ0n) is 21.0.